The molecule has 3 aromatic rings. The number of H-pyrrole nitrogens is 1. The zero-order valence-electron chi connectivity index (χ0n) is 19.8. The van der Waals surface area contributed by atoms with Gasteiger partial charge in [0, 0.05) is 25.0 Å². The van der Waals surface area contributed by atoms with Crippen molar-refractivity contribution in [3.05, 3.63) is 47.6 Å². The normalized spacial score (nSPS) is 27.8. The number of carbonyl (C=O) groups excluding carboxylic acids is 1. The number of oxazole rings is 1. The Morgan fingerprint density at radius 2 is 2.06 bits per heavy atom. The zero-order valence-corrected chi connectivity index (χ0v) is 19.8. The van der Waals surface area contributed by atoms with Gasteiger partial charge >= 0.3 is 5.97 Å². The van der Waals surface area contributed by atoms with E-state index >= 15 is 0 Å². The van der Waals surface area contributed by atoms with Gasteiger partial charge in [-0.1, -0.05) is 13.8 Å². The number of carbonyl (C=O) groups is 2. The van der Waals surface area contributed by atoms with E-state index < -0.39 is 11.8 Å². The van der Waals surface area contributed by atoms with Crippen molar-refractivity contribution in [2.75, 3.05) is 0 Å². The molecule has 0 bridgehead atoms. The monoisotopic (exact) mass is 482 g/mol. The summed E-state index contributed by atoms with van der Waals surface area (Å²) < 4.78 is 18.9. The van der Waals surface area contributed by atoms with Crippen molar-refractivity contribution in [3.8, 4) is 5.75 Å². The molecule has 5 rings (SSSR count). The molecule has 2 aliphatic heterocycles. The van der Waals surface area contributed by atoms with Gasteiger partial charge in [-0.15, -0.1) is 0 Å². The Bertz CT molecular complexity index is 1230. The second-order valence-corrected chi connectivity index (χ2v) is 9.80. The van der Waals surface area contributed by atoms with Gasteiger partial charge in [-0.2, -0.15) is 0 Å². The van der Waals surface area contributed by atoms with Crippen LogP contribution in [0.2, 0.25) is 0 Å². The minimum atomic E-state index is -1.26. The molecular weight excluding hydrogens is 452 g/mol. The van der Waals surface area contributed by atoms with Gasteiger partial charge in [-0.05, 0) is 49.4 Å². The maximum atomic E-state index is 13.0. The fraction of sp³-hybridized carbons (Fsp3) is 0.500. The molecular formula is C26H30N2O7. The van der Waals surface area contributed by atoms with Crippen LogP contribution in [0, 0.1) is 11.8 Å². The van der Waals surface area contributed by atoms with Crippen LogP contribution in [0.5, 0.6) is 5.75 Å². The molecule has 0 saturated carbocycles. The number of rotatable bonds is 6. The maximum absolute atomic E-state index is 13.0. The van der Waals surface area contributed by atoms with E-state index in [4.69, 9.17) is 13.9 Å². The predicted molar refractivity (Wildman–Crippen MR) is 125 cm³/mol. The second-order valence-electron chi connectivity index (χ2n) is 9.80. The first-order valence-corrected chi connectivity index (χ1v) is 12.1. The fourth-order valence-electron chi connectivity index (χ4n) is 5.47. The first-order valence-electron chi connectivity index (χ1n) is 12.1. The third kappa shape index (κ3) is 4.46. The zero-order chi connectivity index (χ0) is 24.7. The van der Waals surface area contributed by atoms with Gasteiger partial charge < -0.3 is 29.1 Å². The number of benzene rings is 1. The fourth-order valence-corrected chi connectivity index (χ4v) is 5.47. The maximum Gasteiger partial charge on any atom is 0.341 e. The molecule has 9 heteroatoms. The summed E-state index contributed by atoms with van der Waals surface area (Å²) in [5, 5.41) is 19.4. The lowest BCUT2D eigenvalue weighted by molar-refractivity contribution is -0.327. The van der Waals surface area contributed by atoms with Crippen molar-refractivity contribution < 1.29 is 33.7 Å². The summed E-state index contributed by atoms with van der Waals surface area (Å²) in [5.41, 5.74) is 0.738. The number of aromatic carboxylic acids is 1. The van der Waals surface area contributed by atoms with Crippen LogP contribution < -0.4 is 0 Å². The summed E-state index contributed by atoms with van der Waals surface area (Å²) in [6.07, 6.45) is 5.69. The smallest absolute Gasteiger partial charge is 0.341 e. The molecule has 2 aromatic heterocycles. The predicted octanol–water partition coefficient (Wildman–Crippen LogP) is 4.70. The number of hydrogen-bond acceptors (Lipinski definition) is 7. The first kappa shape index (κ1) is 23.6. The number of ether oxygens (including phenoxy) is 2. The summed E-state index contributed by atoms with van der Waals surface area (Å²) in [6, 6.07) is 6.40. The van der Waals surface area contributed by atoms with Crippen LogP contribution in [-0.4, -0.2) is 49.9 Å². The van der Waals surface area contributed by atoms with E-state index in [0.29, 0.717) is 23.6 Å². The highest BCUT2D eigenvalue weighted by molar-refractivity contribution is 6.03. The van der Waals surface area contributed by atoms with Crippen LogP contribution in [0.3, 0.4) is 0 Å². The average molecular weight is 483 g/mol. The molecule has 4 heterocycles. The van der Waals surface area contributed by atoms with Gasteiger partial charge in [0.1, 0.15) is 16.8 Å². The lowest BCUT2D eigenvalue weighted by Crippen LogP contribution is -2.53. The molecule has 2 aliphatic rings. The topological polar surface area (TPSA) is 135 Å². The molecule has 9 nitrogen and oxygen atoms in total. The average Bonchev–Trinajstić information content (AvgIpc) is 3.50. The van der Waals surface area contributed by atoms with Crippen molar-refractivity contribution >= 4 is 22.9 Å². The number of fused-ring (bicyclic) bond motifs is 1. The van der Waals surface area contributed by atoms with Crippen LogP contribution in [0.4, 0.5) is 0 Å². The highest BCUT2D eigenvalue weighted by atomic mass is 16.7. The van der Waals surface area contributed by atoms with E-state index in [-0.39, 0.29) is 46.7 Å². The summed E-state index contributed by atoms with van der Waals surface area (Å²) in [4.78, 5) is 31.9. The number of carboxylic acid groups (broad SMARTS) is 1. The van der Waals surface area contributed by atoms with Crippen molar-refractivity contribution in [1.82, 2.24) is 9.97 Å². The van der Waals surface area contributed by atoms with E-state index in [1.165, 1.54) is 12.1 Å². The number of ketones is 1. The Hall–Kier alpha value is -3.17. The number of phenols is 1. The quantitative estimate of drug-likeness (QED) is 0.430. The molecule has 2 fully saturated rings. The molecule has 0 amide bonds. The summed E-state index contributed by atoms with van der Waals surface area (Å²) in [5.74, 6) is -2.09. The Balaban J connectivity index is 1.32. The van der Waals surface area contributed by atoms with E-state index in [0.717, 1.165) is 32.1 Å². The molecule has 3 N–H and O–H groups in total. The molecule has 35 heavy (non-hydrogen) atoms. The Labute approximate surface area is 202 Å². The number of carboxylic acids is 1. The van der Waals surface area contributed by atoms with Crippen molar-refractivity contribution in [2.45, 2.75) is 70.4 Å². The van der Waals surface area contributed by atoms with Crippen LogP contribution in [-0.2, 0) is 15.9 Å². The summed E-state index contributed by atoms with van der Waals surface area (Å²) >= 11 is 0. The van der Waals surface area contributed by atoms with Gasteiger partial charge in [0.15, 0.2) is 23.0 Å². The number of aromatic amines is 1. The van der Waals surface area contributed by atoms with E-state index in [2.05, 4.69) is 16.9 Å². The summed E-state index contributed by atoms with van der Waals surface area (Å²) in [7, 11) is 0. The lowest BCUT2D eigenvalue weighted by Gasteiger charge is -2.49. The Kier molecular flexibility index (Phi) is 6.14. The van der Waals surface area contributed by atoms with E-state index in [1.807, 2.05) is 13.0 Å². The van der Waals surface area contributed by atoms with Crippen LogP contribution >= 0.6 is 0 Å². The number of aromatic hydroxyl groups is 1. The molecule has 0 radical (unpaired) electrons. The number of aromatic nitrogens is 2. The van der Waals surface area contributed by atoms with Crippen molar-refractivity contribution in [2.24, 2.45) is 11.8 Å². The second kappa shape index (κ2) is 9.13. The van der Waals surface area contributed by atoms with Crippen molar-refractivity contribution in [3.63, 3.8) is 0 Å². The van der Waals surface area contributed by atoms with Crippen LogP contribution in [0.15, 0.2) is 34.9 Å². The molecule has 2 saturated heterocycles. The van der Waals surface area contributed by atoms with Gasteiger partial charge in [-0.3, -0.25) is 4.79 Å². The Morgan fingerprint density at radius 3 is 2.80 bits per heavy atom. The van der Waals surface area contributed by atoms with Gasteiger partial charge in [0.25, 0.3) is 0 Å². The molecule has 0 aliphatic carbocycles. The SMILES string of the molecule is CC1CCC2(CCCC(Cc3nc4c(C(=O)O)c(O)ccc4o3)O2)OC1C(C)C(=O)c1ccc[nH]1. The minimum Gasteiger partial charge on any atom is -0.507 e. The molecule has 1 spiro atoms. The highest BCUT2D eigenvalue weighted by Gasteiger charge is 2.47. The molecule has 5 atom stereocenters. The van der Waals surface area contributed by atoms with Crippen LogP contribution in [0.1, 0.15) is 72.7 Å². The first-order chi connectivity index (χ1) is 16.8. The molecule has 1 aromatic carbocycles. The lowest BCUT2D eigenvalue weighted by atomic mass is 9.81. The van der Waals surface area contributed by atoms with Crippen molar-refractivity contribution in [1.29, 1.82) is 0 Å². The van der Waals surface area contributed by atoms with Gasteiger partial charge in [0.2, 0.25) is 0 Å². The minimum absolute atomic E-state index is 0.0280. The number of hydrogen-bond donors (Lipinski definition) is 3. The Morgan fingerprint density at radius 1 is 1.23 bits per heavy atom. The number of nitrogens with one attached hydrogen (secondary N) is 1. The van der Waals surface area contributed by atoms with Gasteiger partial charge in [-0.25, -0.2) is 9.78 Å². The van der Waals surface area contributed by atoms with E-state index in [1.54, 1.807) is 12.3 Å². The van der Waals surface area contributed by atoms with E-state index in [9.17, 15) is 19.8 Å². The third-order valence-electron chi connectivity index (χ3n) is 7.33. The molecule has 5 unspecified atom stereocenters. The molecule has 186 valence electrons. The largest absolute Gasteiger partial charge is 0.507 e. The number of Topliss-reactive ketones (excluding diaryl/α,β-unsaturated/α-hetero) is 1. The summed E-state index contributed by atoms with van der Waals surface area (Å²) in [6.45, 7) is 4.03. The van der Waals surface area contributed by atoms with Gasteiger partial charge in [0.05, 0.1) is 24.3 Å². The van der Waals surface area contributed by atoms with Crippen LogP contribution in [0.25, 0.3) is 11.1 Å². The number of nitrogens with zero attached hydrogens (tertiary/aromatic N) is 1. The highest BCUT2D eigenvalue weighted by Crippen LogP contribution is 2.43. The standard InChI is InChI=1S/C26H30N2O7/c1-14-9-11-26(35-24(14)15(2)23(30)17-6-4-12-27-17)10-3-5-16(34-26)13-20-28-22-19(33-20)8-7-18(29)21(22)25(31)32/h4,6-8,12,14-16,24,27,29H,3,5,9-11,13H2,1-2H3,(H,31,32). The third-order valence-corrected chi connectivity index (χ3v) is 7.33.